The minimum Gasteiger partial charge on any atom is -0.363 e. The Morgan fingerprint density at radius 1 is 1.21 bits per heavy atom. The van der Waals surface area contributed by atoms with Crippen molar-refractivity contribution in [3.8, 4) is 0 Å². The lowest BCUT2D eigenvalue weighted by molar-refractivity contribution is -0.153. The van der Waals surface area contributed by atoms with E-state index in [1.165, 1.54) is 12.3 Å². The molecule has 2 aliphatic rings. The highest BCUT2D eigenvalue weighted by atomic mass is 19.1. The molecule has 0 saturated carbocycles. The average Bonchev–Trinajstić information content (AvgIpc) is 3.16. The van der Waals surface area contributed by atoms with Crippen LogP contribution in [-0.4, -0.2) is 63.4 Å². The van der Waals surface area contributed by atoms with Gasteiger partial charge < -0.3 is 14.5 Å². The van der Waals surface area contributed by atoms with Gasteiger partial charge in [0.15, 0.2) is 0 Å². The number of rotatable bonds is 4. The molecular formula is C21H23FN4O3. The van der Waals surface area contributed by atoms with Crippen LogP contribution in [0.3, 0.4) is 0 Å². The third kappa shape index (κ3) is 4.12. The van der Waals surface area contributed by atoms with Gasteiger partial charge in [0, 0.05) is 37.6 Å². The number of likely N-dealkylation sites (N-methyl/N-ethyl adjacent to an activating group) is 1. The zero-order valence-electron chi connectivity index (χ0n) is 16.2. The van der Waals surface area contributed by atoms with Crippen LogP contribution in [0, 0.1) is 5.95 Å². The molecule has 2 aromatic rings. The SMILES string of the molecule is CN(Cc1ccccn1)C(=O)[C@H]1CC[C@@H]2[C@@H](CCN2C(=O)c2ccnc(F)c2)O1. The Hall–Kier alpha value is -2.87. The number of fused-ring (bicyclic) bond motifs is 1. The number of likely N-dealkylation sites (tertiary alicyclic amines) is 1. The second-order valence-electron chi connectivity index (χ2n) is 7.48. The van der Waals surface area contributed by atoms with E-state index in [0.717, 1.165) is 11.8 Å². The van der Waals surface area contributed by atoms with Crippen LogP contribution in [0.2, 0.25) is 0 Å². The number of pyridine rings is 2. The standard InChI is InChI=1S/C21H23FN4O3/c1-25(13-15-4-2-3-9-23-15)21(28)18-6-5-16-17(29-18)8-11-26(16)20(27)14-7-10-24-19(22)12-14/h2-4,7,9-10,12,16-18H,5-6,8,11,13H2,1H3/t16-,17-,18-/m1/s1. The van der Waals surface area contributed by atoms with Crippen LogP contribution >= 0.6 is 0 Å². The second-order valence-corrected chi connectivity index (χ2v) is 7.48. The predicted octanol–water partition coefficient (Wildman–Crippen LogP) is 2.04. The molecule has 152 valence electrons. The molecular weight excluding hydrogens is 375 g/mol. The average molecular weight is 398 g/mol. The highest BCUT2D eigenvalue weighted by Crippen LogP contribution is 2.33. The molecule has 2 amide bonds. The summed E-state index contributed by atoms with van der Waals surface area (Å²) < 4.78 is 19.4. The van der Waals surface area contributed by atoms with E-state index in [1.54, 1.807) is 23.0 Å². The Bertz CT molecular complexity index is 895. The van der Waals surface area contributed by atoms with E-state index in [1.807, 2.05) is 18.2 Å². The third-order valence-electron chi connectivity index (χ3n) is 5.56. The van der Waals surface area contributed by atoms with Crippen LogP contribution in [0.25, 0.3) is 0 Å². The van der Waals surface area contributed by atoms with Gasteiger partial charge in [0.1, 0.15) is 6.10 Å². The van der Waals surface area contributed by atoms with E-state index >= 15 is 0 Å². The van der Waals surface area contributed by atoms with Crippen LogP contribution in [0.4, 0.5) is 4.39 Å². The predicted molar refractivity (Wildman–Crippen MR) is 102 cm³/mol. The number of carbonyl (C=O) groups is 2. The largest absolute Gasteiger partial charge is 0.363 e. The highest BCUT2D eigenvalue weighted by Gasteiger charge is 2.44. The summed E-state index contributed by atoms with van der Waals surface area (Å²) in [5.74, 6) is -0.970. The number of ether oxygens (including phenoxy) is 1. The number of nitrogens with zero attached hydrogens (tertiary/aromatic N) is 4. The van der Waals surface area contributed by atoms with Gasteiger partial charge in [-0.1, -0.05) is 6.07 Å². The highest BCUT2D eigenvalue weighted by molar-refractivity contribution is 5.94. The van der Waals surface area contributed by atoms with Crippen molar-refractivity contribution >= 4 is 11.8 Å². The fourth-order valence-electron chi connectivity index (χ4n) is 4.12. The van der Waals surface area contributed by atoms with Gasteiger partial charge in [-0.25, -0.2) is 4.98 Å². The van der Waals surface area contributed by atoms with Gasteiger partial charge in [0.25, 0.3) is 11.8 Å². The Balaban J connectivity index is 1.37. The lowest BCUT2D eigenvalue weighted by Crippen LogP contribution is -2.49. The van der Waals surface area contributed by atoms with Crippen molar-refractivity contribution in [3.63, 3.8) is 0 Å². The fraction of sp³-hybridized carbons (Fsp3) is 0.429. The zero-order valence-corrected chi connectivity index (χ0v) is 16.2. The van der Waals surface area contributed by atoms with Gasteiger partial charge in [-0.3, -0.25) is 14.6 Å². The molecule has 0 aliphatic carbocycles. The van der Waals surface area contributed by atoms with Crippen molar-refractivity contribution in [2.75, 3.05) is 13.6 Å². The van der Waals surface area contributed by atoms with Crippen LogP contribution in [0.5, 0.6) is 0 Å². The lowest BCUT2D eigenvalue weighted by Gasteiger charge is -2.36. The van der Waals surface area contributed by atoms with E-state index < -0.39 is 12.1 Å². The molecule has 4 heterocycles. The molecule has 29 heavy (non-hydrogen) atoms. The Labute approximate surface area is 168 Å². The summed E-state index contributed by atoms with van der Waals surface area (Å²) in [4.78, 5) is 36.7. The van der Waals surface area contributed by atoms with E-state index in [4.69, 9.17) is 4.74 Å². The van der Waals surface area contributed by atoms with Gasteiger partial charge in [-0.2, -0.15) is 4.39 Å². The molecule has 0 unspecified atom stereocenters. The summed E-state index contributed by atoms with van der Waals surface area (Å²) in [5.41, 5.74) is 1.10. The molecule has 0 N–H and O–H groups in total. The van der Waals surface area contributed by atoms with Crippen LogP contribution in [-0.2, 0) is 16.1 Å². The van der Waals surface area contributed by atoms with E-state index in [2.05, 4.69) is 9.97 Å². The first-order valence-corrected chi connectivity index (χ1v) is 9.76. The van der Waals surface area contributed by atoms with Gasteiger partial charge in [0.2, 0.25) is 5.95 Å². The summed E-state index contributed by atoms with van der Waals surface area (Å²) in [6.07, 6.45) is 4.18. The summed E-state index contributed by atoms with van der Waals surface area (Å²) in [7, 11) is 1.74. The molecule has 7 nitrogen and oxygen atoms in total. The quantitative estimate of drug-likeness (QED) is 0.737. The first-order chi connectivity index (χ1) is 14.0. The molecule has 3 atom stereocenters. The second kappa shape index (κ2) is 8.24. The van der Waals surface area contributed by atoms with E-state index in [9.17, 15) is 14.0 Å². The van der Waals surface area contributed by atoms with Gasteiger partial charge in [0.05, 0.1) is 24.4 Å². The van der Waals surface area contributed by atoms with Crippen molar-refractivity contribution in [2.24, 2.45) is 0 Å². The number of carbonyl (C=O) groups excluding carboxylic acids is 2. The minimum absolute atomic E-state index is 0.0740. The topological polar surface area (TPSA) is 75.6 Å². The van der Waals surface area contributed by atoms with Crippen LogP contribution in [0.15, 0.2) is 42.7 Å². The molecule has 0 aromatic carbocycles. The molecule has 2 aromatic heterocycles. The monoisotopic (exact) mass is 398 g/mol. The number of halogens is 1. The van der Waals surface area contributed by atoms with Crippen molar-refractivity contribution in [1.82, 2.24) is 19.8 Å². The Morgan fingerprint density at radius 2 is 2.07 bits per heavy atom. The number of amides is 2. The van der Waals surface area contributed by atoms with Gasteiger partial charge >= 0.3 is 0 Å². The maximum atomic E-state index is 13.4. The molecule has 8 heteroatoms. The summed E-state index contributed by atoms with van der Waals surface area (Å²) >= 11 is 0. The van der Waals surface area contributed by atoms with Crippen molar-refractivity contribution in [3.05, 3.63) is 59.9 Å². The van der Waals surface area contributed by atoms with Gasteiger partial charge in [-0.05, 0) is 37.5 Å². The Morgan fingerprint density at radius 3 is 2.83 bits per heavy atom. The summed E-state index contributed by atoms with van der Waals surface area (Å²) in [6.45, 7) is 0.953. The van der Waals surface area contributed by atoms with Crippen molar-refractivity contribution in [1.29, 1.82) is 0 Å². The van der Waals surface area contributed by atoms with E-state index in [0.29, 0.717) is 32.4 Å². The maximum absolute atomic E-state index is 13.4. The van der Waals surface area contributed by atoms with Crippen molar-refractivity contribution < 1.29 is 18.7 Å². The number of hydrogen-bond acceptors (Lipinski definition) is 5. The molecule has 4 rings (SSSR count). The third-order valence-corrected chi connectivity index (χ3v) is 5.56. The fourth-order valence-corrected chi connectivity index (χ4v) is 4.12. The van der Waals surface area contributed by atoms with Gasteiger partial charge in [-0.15, -0.1) is 0 Å². The first kappa shape index (κ1) is 19.4. The molecule has 2 fully saturated rings. The molecule has 0 bridgehead atoms. The molecule has 2 aliphatic heterocycles. The van der Waals surface area contributed by atoms with Crippen LogP contribution < -0.4 is 0 Å². The maximum Gasteiger partial charge on any atom is 0.254 e. The lowest BCUT2D eigenvalue weighted by atomic mass is 9.98. The van der Waals surface area contributed by atoms with E-state index in [-0.39, 0.29) is 29.5 Å². The first-order valence-electron chi connectivity index (χ1n) is 9.76. The minimum atomic E-state index is -0.673. The normalized spacial score (nSPS) is 23.5. The van der Waals surface area contributed by atoms with Crippen molar-refractivity contribution in [2.45, 2.75) is 44.1 Å². The number of hydrogen-bond donors (Lipinski definition) is 0. The smallest absolute Gasteiger partial charge is 0.254 e. The van der Waals surface area contributed by atoms with Crippen LogP contribution in [0.1, 0.15) is 35.3 Å². The zero-order chi connectivity index (χ0) is 20.4. The number of aromatic nitrogens is 2. The molecule has 0 radical (unpaired) electrons. The summed E-state index contributed by atoms with van der Waals surface area (Å²) in [6, 6.07) is 8.18. The summed E-state index contributed by atoms with van der Waals surface area (Å²) in [5, 5.41) is 0. The molecule has 2 saturated heterocycles. The Kier molecular flexibility index (Phi) is 5.53. The molecule has 0 spiro atoms.